The second-order valence-corrected chi connectivity index (χ2v) is 4.43. The highest BCUT2D eigenvalue weighted by molar-refractivity contribution is 5.41. The third kappa shape index (κ3) is 6.19. The van der Waals surface area contributed by atoms with Gasteiger partial charge in [0, 0.05) is 13.1 Å². The minimum absolute atomic E-state index is 0.0517. The molecule has 0 fully saturated rings. The molecule has 0 saturated carbocycles. The molecule has 7 nitrogen and oxygen atoms in total. The maximum atomic E-state index is 5.29. The summed E-state index contributed by atoms with van der Waals surface area (Å²) in [5, 5.41) is 6.28. The van der Waals surface area contributed by atoms with Gasteiger partial charge in [-0.1, -0.05) is 13.8 Å². The molecule has 1 rings (SSSR count). The Hall–Kier alpha value is -1.63. The third-order valence-corrected chi connectivity index (χ3v) is 2.09. The highest BCUT2D eigenvalue weighted by Crippen LogP contribution is 2.10. The normalized spacial score (nSPS) is 10.6. The first-order valence-corrected chi connectivity index (χ1v) is 6.81. The van der Waals surface area contributed by atoms with Crippen molar-refractivity contribution in [3.05, 3.63) is 0 Å². The van der Waals surface area contributed by atoms with E-state index in [-0.39, 0.29) is 6.10 Å². The smallest absolute Gasteiger partial charge is 0.253 e. The van der Waals surface area contributed by atoms with Gasteiger partial charge in [0.1, 0.15) is 0 Å². The van der Waals surface area contributed by atoms with E-state index >= 15 is 0 Å². The average molecular weight is 268 g/mol. The Kier molecular flexibility index (Phi) is 6.88. The molecule has 1 heterocycles. The van der Waals surface area contributed by atoms with E-state index < -0.39 is 0 Å². The fraction of sp³-hybridized carbons (Fsp3) is 0.750. The van der Waals surface area contributed by atoms with E-state index in [1.807, 2.05) is 13.8 Å². The molecule has 0 aliphatic heterocycles. The third-order valence-electron chi connectivity index (χ3n) is 2.09. The summed E-state index contributed by atoms with van der Waals surface area (Å²) in [6.07, 6.45) is 2.07. The van der Waals surface area contributed by atoms with E-state index in [1.165, 1.54) is 0 Å². The van der Waals surface area contributed by atoms with Crippen LogP contribution in [-0.4, -0.2) is 34.1 Å². The van der Waals surface area contributed by atoms with Crippen LogP contribution < -0.4 is 16.1 Å². The average Bonchev–Trinajstić information content (AvgIpc) is 2.40. The summed E-state index contributed by atoms with van der Waals surface area (Å²) >= 11 is 0. The van der Waals surface area contributed by atoms with E-state index in [9.17, 15) is 0 Å². The van der Waals surface area contributed by atoms with Gasteiger partial charge in [0.25, 0.3) is 5.95 Å². The second-order valence-electron chi connectivity index (χ2n) is 4.43. The summed E-state index contributed by atoms with van der Waals surface area (Å²) in [5.74, 6) is 1.50. The molecular weight excluding hydrogens is 244 g/mol. The first kappa shape index (κ1) is 15.4. The molecule has 0 aromatic carbocycles. The van der Waals surface area contributed by atoms with E-state index in [0.29, 0.717) is 17.8 Å². The van der Waals surface area contributed by atoms with Gasteiger partial charge in [0.15, 0.2) is 0 Å². The number of rotatable bonds is 9. The highest BCUT2D eigenvalue weighted by Gasteiger charge is 2.06. The van der Waals surface area contributed by atoms with Crippen molar-refractivity contribution >= 4 is 17.8 Å². The minimum Gasteiger partial charge on any atom is -0.354 e. The topological polar surface area (TPSA) is 84.0 Å². The molecule has 0 aliphatic carbocycles. The zero-order valence-electron chi connectivity index (χ0n) is 12.2. The van der Waals surface area contributed by atoms with Gasteiger partial charge in [-0.2, -0.15) is 15.0 Å². The van der Waals surface area contributed by atoms with E-state index in [2.05, 4.69) is 44.9 Å². The van der Waals surface area contributed by atoms with Gasteiger partial charge in [0.05, 0.1) is 6.10 Å². The molecule has 3 N–H and O–H groups in total. The van der Waals surface area contributed by atoms with Crippen molar-refractivity contribution < 1.29 is 4.84 Å². The minimum atomic E-state index is 0.0517. The van der Waals surface area contributed by atoms with Crippen molar-refractivity contribution in [3.8, 4) is 0 Å². The Morgan fingerprint density at radius 2 is 1.37 bits per heavy atom. The fourth-order valence-corrected chi connectivity index (χ4v) is 1.22. The van der Waals surface area contributed by atoms with E-state index in [0.717, 1.165) is 25.9 Å². The molecular formula is C12H24N6O. The number of hydrogen-bond donors (Lipinski definition) is 3. The summed E-state index contributed by atoms with van der Waals surface area (Å²) < 4.78 is 0. The van der Waals surface area contributed by atoms with Crippen LogP contribution in [0.15, 0.2) is 0 Å². The van der Waals surface area contributed by atoms with Crippen LogP contribution in [0.25, 0.3) is 0 Å². The summed E-state index contributed by atoms with van der Waals surface area (Å²) in [6, 6.07) is 0. The fourth-order valence-electron chi connectivity index (χ4n) is 1.22. The maximum Gasteiger partial charge on any atom is 0.253 e. The second kappa shape index (κ2) is 8.47. The number of nitrogens with one attached hydrogen (secondary N) is 3. The molecule has 0 spiro atoms. The van der Waals surface area contributed by atoms with Gasteiger partial charge in [-0.15, -0.1) is 0 Å². The molecule has 0 aliphatic rings. The molecule has 0 unspecified atom stereocenters. The molecule has 1 aromatic rings. The Balaban J connectivity index is 2.75. The summed E-state index contributed by atoms with van der Waals surface area (Å²) in [7, 11) is 0. The van der Waals surface area contributed by atoms with Gasteiger partial charge < -0.3 is 10.6 Å². The highest BCUT2D eigenvalue weighted by atomic mass is 16.7. The molecule has 0 atom stereocenters. The Morgan fingerprint density at radius 3 is 1.79 bits per heavy atom. The lowest BCUT2D eigenvalue weighted by atomic mass is 10.5. The van der Waals surface area contributed by atoms with Crippen LogP contribution in [0.1, 0.15) is 40.5 Å². The largest absolute Gasteiger partial charge is 0.354 e. The van der Waals surface area contributed by atoms with Gasteiger partial charge >= 0.3 is 0 Å². The molecule has 19 heavy (non-hydrogen) atoms. The SMILES string of the molecule is CCCNc1nc(NCCC)nc(NOC(C)C)n1. The standard InChI is InChI=1S/C12H24N6O/c1-5-7-13-10-15-11(14-8-6-2)17-12(16-10)18-19-9(3)4/h9H,5-8H2,1-4H3,(H3,13,14,15,16,17,18). The Morgan fingerprint density at radius 1 is 0.895 bits per heavy atom. The first-order chi connectivity index (χ1) is 9.15. The van der Waals surface area contributed by atoms with Gasteiger partial charge in [-0.25, -0.2) is 5.48 Å². The molecule has 108 valence electrons. The molecule has 1 aromatic heterocycles. The Bertz CT molecular complexity index is 345. The predicted molar refractivity (Wildman–Crippen MR) is 77.2 cm³/mol. The van der Waals surface area contributed by atoms with Crippen LogP contribution in [0.5, 0.6) is 0 Å². The van der Waals surface area contributed by atoms with Crippen molar-refractivity contribution in [2.75, 3.05) is 29.2 Å². The lowest BCUT2D eigenvalue weighted by molar-refractivity contribution is 0.128. The summed E-state index contributed by atoms with van der Waals surface area (Å²) in [6.45, 7) is 9.68. The molecule has 7 heteroatoms. The van der Waals surface area contributed by atoms with Crippen molar-refractivity contribution in [3.63, 3.8) is 0 Å². The lowest BCUT2D eigenvalue weighted by Crippen LogP contribution is -2.15. The zero-order chi connectivity index (χ0) is 14.1. The van der Waals surface area contributed by atoms with Crippen molar-refractivity contribution in [2.45, 2.75) is 46.6 Å². The Labute approximate surface area is 114 Å². The van der Waals surface area contributed by atoms with Crippen LogP contribution in [0, 0.1) is 0 Å². The quantitative estimate of drug-likeness (QED) is 0.592. The molecule has 0 saturated heterocycles. The van der Waals surface area contributed by atoms with Crippen LogP contribution >= 0.6 is 0 Å². The van der Waals surface area contributed by atoms with Crippen LogP contribution in [0.2, 0.25) is 0 Å². The summed E-state index contributed by atoms with van der Waals surface area (Å²) in [4.78, 5) is 18.1. The van der Waals surface area contributed by atoms with E-state index in [4.69, 9.17) is 4.84 Å². The van der Waals surface area contributed by atoms with Crippen molar-refractivity contribution in [1.82, 2.24) is 15.0 Å². The number of hydrogen-bond acceptors (Lipinski definition) is 7. The van der Waals surface area contributed by atoms with Crippen LogP contribution in [-0.2, 0) is 4.84 Å². The van der Waals surface area contributed by atoms with Crippen molar-refractivity contribution in [2.24, 2.45) is 0 Å². The van der Waals surface area contributed by atoms with Crippen LogP contribution in [0.3, 0.4) is 0 Å². The maximum absolute atomic E-state index is 5.29. The van der Waals surface area contributed by atoms with Crippen molar-refractivity contribution in [1.29, 1.82) is 0 Å². The first-order valence-electron chi connectivity index (χ1n) is 6.81. The molecule has 0 bridgehead atoms. The van der Waals surface area contributed by atoms with E-state index in [1.54, 1.807) is 0 Å². The van der Waals surface area contributed by atoms with Gasteiger partial charge in [-0.3, -0.25) is 4.84 Å². The van der Waals surface area contributed by atoms with Crippen LogP contribution in [0.4, 0.5) is 17.8 Å². The summed E-state index contributed by atoms with van der Waals surface area (Å²) in [5.41, 5.74) is 2.74. The number of aromatic nitrogens is 3. The molecule has 0 radical (unpaired) electrons. The van der Waals surface area contributed by atoms with Gasteiger partial charge in [-0.05, 0) is 26.7 Å². The predicted octanol–water partition coefficient (Wildman–Crippen LogP) is 2.27. The number of nitrogens with zero attached hydrogens (tertiary/aromatic N) is 3. The number of anilines is 3. The lowest BCUT2D eigenvalue weighted by Gasteiger charge is -2.11. The van der Waals surface area contributed by atoms with Gasteiger partial charge in [0.2, 0.25) is 11.9 Å². The monoisotopic (exact) mass is 268 g/mol. The zero-order valence-corrected chi connectivity index (χ0v) is 12.2. The molecule has 0 amide bonds.